The Morgan fingerprint density at radius 3 is 2.83 bits per heavy atom. The Morgan fingerprint density at radius 2 is 2.17 bits per heavy atom. The van der Waals surface area contributed by atoms with Crippen LogP contribution in [0.3, 0.4) is 0 Å². The molecule has 2 rings (SSSR count). The minimum Gasteiger partial charge on any atom is -0.449 e. The number of hydrogen-bond acceptors (Lipinski definition) is 5. The Hall–Kier alpha value is -2.43. The van der Waals surface area contributed by atoms with Crippen molar-refractivity contribution in [1.82, 2.24) is 0 Å². The van der Waals surface area contributed by atoms with Crippen LogP contribution in [0.4, 0.5) is 9.39 Å². The number of carbonyl (C=O) groups is 2. The zero-order valence-corrected chi connectivity index (χ0v) is 13.4. The van der Waals surface area contributed by atoms with Crippen LogP contribution < -0.4 is 5.32 Å². The molecule has 2 aromatic rings. The van der Waals surface area contributed by atoms with Crippen molar-refractivity contribution in [2.45, 2.75) is 13.0 Å². The van der Waals surface area contributed by atoms with Crippen molar-refractivity contribution in [2.75, 3.05) is 5.32 Å². The van der Waals surface area contributed by atoms with E-state index in [4.69, 9.17) is 21.6 Å². The van der Waals surface area contributed by atoms with Crippen LogP contribution in [0, 0.1) is 17.1 Å². The fourth-order valence-electron chi connectivity index (χ4n) is 1.64. The van der Waals surface area contributed by atoms with Crippen molar-refractivity contribution < 1.29 is 18.7 Å². The average molecular weight is 353 g/mol. The molecule has 0 saturated carbocycles. The summed E-state index contributed by atoms with van der Waals surface area (Å²) in [5.41, 5.74) is -0.00601. The topological polar surface area (TPSA) is 79.2 Å². The molecule has 5 nitrogen and oxygen atoms in total. The van der Waals surface area contributed by atoms with Gasteiger partial charge in [0.2, 0.25) is 0 Å². The third-order valence-electron chi connectivity index (χ3n) is 2.83. The van der Waals surface area contributed by atoms with Gasteiger partial charge < -0.3 is 10.1 Å². The Kier molecular flexibility index (Phi) is 5.32. The van der Waals surface area contributed by atoms with E-state index in [9.17, 15) is 14.0 Å². The molecule has 118 valence electrons. The second-order valence-corrected chi connectivity index (χ2v) is 5.79. The van der Waals surface area contributed by atoms with Gasteiger partial charge in [0.15, 0.2) is 6.10 Å². The van der Waals surface area contributed by atoms with Crippen molar-refractivity contribution >= 4 is 39.8 Å². The number of carbonyl (C=O) groups excluding carboxylic acids is 2. The van der Waals surface area contributed by atoms with Gasteiger partial charge in [-0.3, -0.25) is 4.79 Å². The van der Waals surface area contributed by atoms with Gasteiger partial charge in [-0.1, -0.05) is 11.6 Å². The molecule has 0 radical (unpaired) electrons. The number of nitrogens with zero attached hydrogens (tertiary/aromatic N) is 1. The predicted octanol–water partition coefficient (Wildman–Crippen LogP) is 3.60. The lowest BCUT2D eigenvalue weighted by Crippen LogP contribution is -2.30. The SMILES string of the molecule is C[C@H](OC(=O)c1ccc(Cl)cc1F)C(=O)Nc1sccc1C#N. The summed E-state index contributed by atoms with van der Waals surface area (Å²) in [5.74, 6) is -2.43. The standard InChI is InChI=1S/C15H10ClFN2O3S/c1-8(13(20)19-14-9(7-18)4-5-23-14)22-15(21)11-3-2-10(16)6-12(11)17/h2-6,8H,1H3,(H,19,20)/t8-/m0/s1. The molecule has 1 N–H and O–H groups in total. The number of nitriles is 1. The molecule has 23 heavy (non-hydrogen) atoms. The molecule has 8 heteroatoms. The van der Waals surface area contributed by atoms with Crippen LogP contribution in [0.1, 0.15) is 22.8 Å². The van der Waals surface area contributed by atoms with Gasteiger partial charge in [-0.15, -0.1) is 11.3 Å². The van der Waals surface area contributed by atoms with E-state index < -0.39 is 23.8 Å². The molecule has 1 aromatic heterocycles. The molecular formula is C15H10ClFN2O3S. The Balaban J connectivity index is 2.03. The van der Waals surface area contributed by atoms with Crippen LogP contribution in [0.25, 0.3) is 0 Å². The van der Waals surface area contributed by atoms with Gasteiger partial charge in [0, 0.05) is 5.02 Å². The first-order valence-corrected chi connectivity index (χ1v) is 7.62. The molecule has 0 unspecified atom stereocenters. The fourth-order valence-corrected chi connectivity index (χ4v) is 2.54. The molecule has 1 aromatic carbocycles. The zero-order valence-electron chi connectivity index (χ0n) is 11.8. The van der Waals surface area contributed by atoms with Crippen LogP contribution in [0.2, 0.25) is 5.02 Å². The lowest BCUT2D eigenvalue weighted by molar-refractivity contribution is -0.123. The van der Waals surface area contributed by atoms with E-state index in [2.05, 4.69) is 5.32 Å². The van der Waals surface area contributed by atoms with Crippen LogP contribution >= 0.6 is 22.9 Å². The second-order valence-electron chi connectivity index (χ2n) is 4.44. The summed E-state index contributed by atoms with van der Waals surface area (Å²) in [6, 6.07) is 6.98. The molecule has 0 aliphatic heterocycles. The highest BCUT2D eigenvalue weighted by molar-refractivity contribution is 7.14. The fraction of sp³-hybridized carbons (Fsp3) is 0.133. The maximum absolute atomic E-state index is 13.6. The van der Waals surface area contributed by atoms with E-state index in [1.54, 1.807) is 11.4 Å². The lowest BCUT2D eigenvalue weighted by atomic mass is 10.2. The van der Waals surface area contributed by atoms with Gasteiger partial charge in [0.05, 0.1) is 11.1 Å². The zero-order chi connectivity index (χ0) is 17.0. The van der Waals surface area contributed by atoms with E-state index in [0.29, 0.717) is 10.6 Å². The van der Waals surface area contributed by atoms with Crippen molar-refractivity contribution in [3.8, 4) is 6.07 Å². The molecular weight excluding hydrogens is 343 g/mol. The van der Waals surface area contributed by atoms with E-state index >= 15 is 0 Å². The first-order valence-electron chi connectivity index (χ1n) is 6.37. The van der Waals surface area contributed by atoms with Crippen LogP contribution in [-0.2, 0) is 9.53 Å². The maximum atomic E-state index is 13.6. The summed E-state index contributed by atoms with van der Waals surface area (Å²) in [4.78, 5) is 23.9. The summed E-state index contributed by atoms with van der Waals surface area (Å²) in [6.45, 7) is 1.35. The minimum absolute atomic E-state index is 0.145. The number of nitrogens with one attached hydrogen (secondary N) is 1. The van der Waals surface area contributed by atoms with Gasteiger partial charge in [-0.05, 0) is 36.6 Å². The van der Waals surface area contributed by atoms with E-state index in [1.807, 2.05) is 6.07 Å². The number of hydrogen-bond donors (Lipinski definition) is 1. The summed E-state index contributed by atoms with van der Waals surface area (Å²) in [5, 5.41) is 13.5. The summed E-state index contributed by atoms with van der Waals surface area (Å²) in [7, 11) is 0. The first-order chi connectivity index (χ1) is 10.9. The maximum Gasteiger partial charge on any atom is 0.341 e. The second kappa shape index (κ2) is 7.22. The van der Waals surface area contributed by atoms with E-state index in [-0.39, 0.29) is 10.6 Å². The highest BCUT2D eigenvalue weighted by Gasteiger charge is 2.22. The highest BCUT2D eigenvalue weighted by Crippen LogP contribution is 2.22. The van der Waals surface area contributed by atoms with Crippen molar-refractivity contribution in [2.24, 2.45) is 0 Å². The molecule has 0 saturated heterocycles. The third-order valence-corrected chi connectivity index (χ3v) is 3.89. The number of halogens is 2. The van der Waals surface area contributed by atoms with Crippen molar-refractivity contribution in [3.05, 3.63) is 51.6 Å². The third kappa shape index (κ3) is 4.06. The molecule has 0 aliphatic carbocycles. The van der Waals surface area contributed by atoms with E-state index in [1.165, 1.54) is 30.4 Å². The number of benzene rings is 1. The van der Waals surface area contributed by atoms with Crippen LogP contribution in [-0.4, -0.2) is 18.0 Å². The molecule has 1 heterocycles. The van der Waals surface area contributed by atoms with Gasteiger partial charge in [0.25, 0.3) is 5.91 Å². The van der Waals surface area contributed by atoms with Gasteiger partial charge in [-0.25, -0.2) is 9.18 Å². The smallest absolute Gasteiger partial charge is 0.341 e. The average Bonchev–Trinajstić information content (AvgIpc) is 2.94. The number of rotatable bonds is 4. The summed E-state index contributed by atoms with van der Waals surface area (Å²) in [6.07, 6.45) is -1.16. The summed E-state index contributed by atoms with van der Waals surface area (Å²) < 4.78 is 18.6. The molecule has 0 bridgehead atoms. The van der Waals surface area contributed by atoms with Gasteiger partial charge in [-0.2, -0.15) is 5.26 Å². The number of esters is 1. The number of anilines is 1. The Bertz CT molecular complexity index is 800. The van der Waals surface area contributed by atoms with Gasteiger partial charge >= 0.3 is 5.97 Å². The monoisotopic (exact) mass is 352 g/mol. The quantitative estimate of drug-likeness (QED) is 0.853. The summed E-state index contributed by atoms with van der Waals surface area (Å²) >= 11 is 6.77. The van der Waals surface area contributed by atoms with Gasteiger partial charge in [0.1, 0.15) is 16.9 Å². The normalized spacial score (nSPS) is 11.4. The van der Waals surface area contributed by atoms with E-state index in [0.717, 1.165) is 6.07 Å². The predicted molar refractivity (Wildman–Crippen MR) is 84.0 cm³/mol. The number of ether oxygens (including phenoxy) is 1. The van der Waals surface area contributed by atoms with Crippen LogP contribution in [0.15, 0.2) is 29.6 Å². The van der Waals surface area contributed by atoms with Crippen molar-refractivity contribution in [3.63, 3.8) is 0 Å². The molecule has 1 atom stereocenters. The Morgan fingerprint density at radius 1 is 1.43 bits per heavy atom. The molecule has 0 fully saturated rings. The molecule has 1 amide bonds. The highest BCUT2D eigenvalue weighted by atomic mass is 35.5. The van der Waals surface area contributed by atoms with Crippen molar-refractivity contribution in [1.29, 1.82) is 5.26 Å². The van der Waals surface area contributed by atoms with Crippen LogP contribution in [0.5, 0.6) is 0 Å². The first kappa shape index (κ1) is 16.9. The molecule has 0 aliphatic rings. The largest absolute Gasteiger partial charge is 0.449 e. The number of thiophene rings is 1. The minimum atomic E-state index is -1.16. The Labute approximate surface area is 140 Å². The lowest BCUT2D eigenvalue weighted by Gasteiger charge is -2.13. The number of amides is 1. The molecule has 0 spiro atoms.